The van der Waals surface area contributed by atoms with E-state index < -0.39 is 0 Å². The first-order valence-corrected chi connectivity index (χ1v) is 6.05. The predicted molar refractivity (Wildman–Crippen MR) is 70.0 cm³/mol. The van der Waals surface area contributed by atoms with Crippen LogP contribution in [-0.4, -0.2) is 25.1 Å². The summed E-state index contributed by atoms with van der Waals surface area (Å²) in [6, 6.07) is 3.97. The normalized spacial score (nSPS) is 13.0. The van der Waals surface area contributed by atoms with Crippen LogP contribution in [0.1, 0.15) is 32.4 Å². The number of aromatic nitrogens is 1. The van der Waals surface area contributed by atoms with E-state index in [1.165, 1.54) is 4.90 Å². The van der Waals surface area contributed by atoms with Gasteiger partial charge in [0.2, 0.25) is 0 Å². The Balaban J connectivity index is 2.99. The van der Waals surface area contributed by atoms with Crippen molar-refractivity contribution >= 4 is 6.09 Å². The molecule has 18 heavy (non-hydrogen) atoms. The maximum Gasteiger partial charge on any atom is 0.409 e. The maximum atomic E-state index is 11.7. The Kier molecular flexibility index (Phi) is 4.33. The molecule has 1 amide bonds. The minimum Gasteiger partial charge on any atom is -0.441 e. The van der Waals surface area contributed by atoms with Gasteiger partial charge < -0.3 is 9.64 Å². The van der Waals surface area contributed by atoms with Gasteiger partial charge in [0, 0.05) is 37.2 Å². The molecule has 1 aromatic rings. The highest BCUT2D eigenvalue weighted by molar-refractivity contribution is 5.67. The van der Waals surface area contributed by atoms with Crippen LogP contribution in [0.3, 0.4) is 0 Å². The SMILES string of the molecule is CN(C)C(=O)OC(c1cc[n+](C)cc1)C(C)(C)C. The number of nitrogens with zero attached hydrogens (tertiary/aromatic N) is 2. The smallest absolute Gasteiger partial charge is 0.409 e. The zero-order chi connectivity index (χ0) is 13.9. The van der Waals surface area contributed by atoms with Gasteiger partial charge >= 0.3 is 6.09 Å². The molecular formula is C14H23N2O2+. The van der Waals surface area contributed by atoms with Crippen molar-refractivity contribution in [3.8, 4) is 0 Å². The first-order valence-electron chi connectivity index (χ1n) is 6.05. The summed E-state index contributed by atoms with van der Waals surface area (Å²) in [5.74, 6) is 0. The van der Waals surface area contributed by atoms with Gasteiger partial charge in [0.15, 0.2) is 12.4 Å². The highest BCUT2D eigenvalue weighted by Crippen LogP contribution is 2.35. The van der Waals surface area contributed by atoms with Gasteiger partial charge in [0.05, 0.1) is 0 Å². The van der Waals surface area contributed by atoms with Gasteiger partial charge in [-0.2, -0.15) is 0 Å². The lowest BCUT2D eigenvalue weighted by Gasteiger charge is -2.31. The van der Waals surface area contributed by atoms with Gasteiger partial charge in [-0.15, -0.1) is 0 Å². The molecular weight excluding hydrogens is 228 g/mol. The van der Waals surface area contributed by atoms with Crippen LogP contribution in [0.5, 0.6) is 0 Å². The fourth-order valence-corrected chi connectivity index (χ4v) is 1.64. The number of hydrogen-bond donors (Lipinski definition) is 0. The zero-order valence-corrected chi connectivity index (χ0v) is 12.1. The van der Waals surface area contributed by atoms with Gasteiger partial charge in [0.25, 0.3) is 0 Å². The summed E-state index contributed by atoms with van der Waals surface area (Å²) in [5, 5.41) is 0. The standard InChI is InChI=1S/C14H23N2O2/c1-14(2,3)12(18-13(17)15(4)5)11-7-9-16(6)10-8-11/h7-10,12H,1-6H3/q+1. The van der Waals surface area contributed by atoms with E-state index in [1.807, 2.05) is 36.1 Å². The monoisotopic (exact) mass is 251 g/mol. The van der Waals surface area contributed by atoms with E-state index in [0.29, 0.717) is 0 Å². The quantitative estimate of drug-likeness (QED) is 0.756. The molecule has 0 aliphatic carbocycles. The molecule has 1 aromatic heterocycles. The van der Waals surface area contributed by atoms with E-state index in [1.54, 1.807) is 14.1 Å². The van der Waals surface area contributed by atoms with Crippen molar-refractivity contribution in [2.75, 3.05) is 14.1 Å². The second-order valence-electron chi connectivity index (χ2n) is 5.82. The Bertz CT molecular complexity index is 405. The van der Waals surface area contributed by atoms with E-state index in [9.17, 15) is 4.79 Å². The van der Waals surface area contributed by atoms with Crippen LogP contribution >= 0.6 is 0 Å². The fourth-order valence-electron chi connectivity index (χ4n) is 1.64. The molecule has 0 aliphatic heterocycles. The average Bonchev–Trinajstić information content (AvgIpc) is 2.25. The lowest BCUT2D eigenvalue weighted by atomic mass is 9.85. The summed E-state index contributed by atoms with van der Waals surface area (Å²) in [6.07, 6.45) is 3.34. The molecule has 1 atom stereocenters. The van der Waals surface area contributed by atoms with E-state index in [-0.39, 0.29) is 17.6 Å². The highest BCUT2D eigenvalue weighted by Gasteiger charge is 2.31. The van der Waals surface area contributed by atoms with E-state index >= 15 is 0 Å². The van der Waals surface area contributed by atoms with Crippen molar-refractivity contribution < 1.29 is 14.1 Å². The van der Waals surface area contributed by atoms with Crippen LogP contribution in [0, 0.1) is 5.41 Å². The average molecular weight is 251 g/mol. The van der Waals surface area contributed by atoms with Crippen molar-refractivity contribution in [2.45, 2.75) is 26.9 Å². The summed E-state index contributed by atoms with van der Waals surface area (Å²) in [7, 11) is 5.34. The molecule has 4 heteroatoms. The number of pyridine rings is 1. The third-order valence-electron chi connectivity index (χ3n) is 2.68. The molecule has 0 spiro atoms. The van der Waals surface area contributed by atoms with Crippen molar-refractivity contribution in [1.82, 2.24) is 4.90 Å². The van der Waals surface area contributed by atoms with Gasteiger partial charge in [-0.25, -0.2) is 9.36 Å². The van der Waals surface area contributed by atoms with Crippen LogP contribution < -0.4 is 4.57 Å². The molecule has 0 aliphatic rings. The van der Waals surface area contributed by atoms with E-state index in [0.717, 1.165) is 5.56 Å². The molecule has 0 aromatic carbocycles. The maximum absolute atomic E-state index is 11.7. The molecule has 100 valence electrons. The Hall–Kier alpha value is -1.58. The predicted octanol–water partition coefficient (Wildman–Crippen LogP) is 2.30. The van der Waals surface area contributed by atoms with Crippen LogP contribution in [-0.2, 0) is 11.8 Å². The van der Waals surface area contributed by atoms with Crippen LogP contribution in [0.15, 0.2) is 24.5 Å². The Morgan fingerprint density at radius 3 is 2.17 bits per heavy atom. The minimum absolute atomic E-state index is 0.147. The summed E-state index contributed by atoms with van der Waals surface area (Å²) in [5.41, 5.74) is 0.863. The van der Waals surface area contributed by atoms with Gasteiger partial charge in [-0.05, 0) is 0 Å². The van der Waals surface area contributed by atoms with Crippen molar-refractivity contribution in [2.24, 2.45) is 12.5 Å². The van der Waals surface area contributed by atoms with Crippen molar-refractivity contribution in [3.63, 3.8) is 0 Å². The highest BCUT2D eigenvalue weighted by atomic mass is 16.6. The second kappa shape index (κ2) is 5.38. The first-order chi connectivity index (χ1) is 8.21. The Morgan fingerprint density at radius 2 is 1.78 bits per heavy atom. The Labute approximate surface area is 109 Å². The van der Waals surface area contributed by atoms with Crippen LogP contribution in [0.2, 0.25) is 0 Å². The van der Waals surface area contributed by atoms with E-state index in [2.05, 4.69) is 20.8 Å². The fraction of sp³-hybridized carbons (Fsp3) is 0.571. The molecule has 1 unspecified atom stereocenters. The summed E-state index contributed by atoms with van der Waals surface area (Å²) in [4.78, 5) is 13.2. The third-order valence-corrected chi connectivity index (χ3v) is 2.68. The summed E-state index contributed by atoms with van der Waals surface area (Å²) in [6.45, 7) is 6.19. The summed E-state index contributed by atoms with van der Waals surface area (Å²) >= 11 is 0. The number of carbonyl (C=O) groups is 1. The minimum atomic E-state index is -0.317. The number of rotatable bonds is 2. The number of ether oxygens (including phenoxy) is 1. The molecule has 0 radical (unpaired) electrons. The van der Waals surface area contributed by atoms with Crippen LogP contribution in [0.25, 0.3) is 0 Å². The number of carbonyl (C=O) groups excluding carboxylic acids is 1. The lowest BCUT2D eigenvalue weighted by molar-refractivity contribution is -0.671. The number of aryl methyl sites for hydroxylation is 1. The van der Waals surface area contributed by atoms with Gasteiger partial charge in [0.1, 0.15) is 13.2 Å². The zero-order valence-electron chi connectivity index (χ0n) is 12.1. The molecule has 0 saturated heterocycles. The molecule has 1 heterocycles. The van der Waals surface area contributed by atoms with Crippen molar-refractivity contribution in [1.29, 1.82) is 0 Å². The molecule has 0 bridgehead atoms. The molecule has 0 N–H and O–H groups in total. The lowest BCUT2D eigenvalue weighted by Crippen LogP contribution is -2.31. The number of hydrogen-bond acceptors (Lipinski definition) is 2. The molecule has 0 saturated carbocycles. The van der Waals surface area contributed by atoms with Gasteiger partial charge in [-0.1, -0.05) is 20.8 Å². The van der Waals surface area contributed by atoms with Crippen molar-refractivity contribution in [3.05, 3.63) is 30.1 Å². The molecule has 1 rings (SSSR count). The first kappa shape index (κ1) is 14.5. The van der Waals surface area contributed by atoms with Gasteiger partial charge in [-0.3, -0.25) is 0 Å². The third kappa shape index (κ3) is 3.72. The Morgan fingerprint density at radius 1 is 1.28 bits per heavy atom. The second-order valence-corrected chi connectivity index (χ2v) is 5.82. The summed E-state index contributed by atoms with van der Waals surface area (Å²) < 4.78 is 7.54. The number of amides is 1. The largest absolute Gasteiger partial charge is 0.441 e. The topological polar surface area (TPSA) is 33.4 Å². The molecule has 4 nitrogen and oxygen atoms in total. The van der Waals surface area contributed by atoms with E-state index in [4.69, 9.17) is 4.74 Å². The van der Waals surface area contributed by atoms with Crippen LogP contribution in [0.4, 0.5) is 4.79 Å². The molecule has 0 fully saturated rings.